The van der Waals surface area contributed by atoms with Crippen molar-refractivity contribution < 1.29 is 18.7 Å². The van der Waals surface area contributed by atoms with E-state index in [9.17, 15) is 14.4 Å². The number of rotatable bonds is 6. The Morgan fingerprint density at radius 2 is 1.82 bits per heavy atom. The lowest BCUT2D eigenvalue weighted by Gasteiger charge is -2.15. The Balaban J connectivity index is 1.67. The van der Waals surface area contributed by atoms with Crippen LogP contribution in [0.4, 0.5) is 5.69 Å². The highest BCUT2D eigenvalue weighted by Crippen LogP contribution is 2.26. The lowest BCUT2D eigenvalue weighted by atomic mass is 9.97. The summed E-state index contributed by atoms with van der Waals surface area (Å²) in [4.78, 5) is 36.5. The Bertz CT molecular complexity index is 1070. The number of amides is 1. The number of para-hydroxylation sites is 2. The summed E-state index contributed by atoms with van der Waals surface area (Å²) in [5.41, 5.74) is 1.65. The van der Waals surface area contributed by atoms with E-state index in [1.54, 1.807) is 24.3 Å². The SMILES string of the molecule is CC[C@@H](C)c1ccccc1NC(=O)COC(=O)c1cc(=O)c2ccccc2o1. The van der Waals surface area contributed by atoms with Gasteiger partial charge in [-0.3, -0.25) is 9.59 Å². The number of carbonyl (C=O) groups excluding carboxylic acids is 2. The number of ether oxygens (including phenoxy) is 1. The summed E-state index contributed by atoms with van der Waals surface area (Å²) in [5, 5.41) is 3.14. The maximum atomic E-state index is 12.2. The smallest absolute Gasteiger partial charge is 0.374 e. The number of nitrogens with one attached hydrogen (secondary N) is 1. The molecule has 0 aliphatic rings. The molecule has 28 heavy (non-hydrogen) atoms. The van der Waals surface area contributed by atoms with Gasteiger partial charge >= 0.3 is 5.97 Å². The molecular formula is C22H21NO5. The second-order valence-electron chi connectivity index (χ2n) is 6.49. The second kappa shape index (κ2) is 8.52. The van der Waals surface area contributed by atoms with Gasteiger partial charge in [0.1, 0.15) is 5.58 Å². The number of esters is 1. The molecule has 0 aliphatic carbocycles. The van der Waals surface area contributed by atoms with E-state index in [0.29, 0.717) is 11.1 Å². The zero-order chi connectivity index (χ0) is 20.1. The third-order valence-electron chi connectivity index (χ3n) is 4.55. The van der Waals surface area contributed by atoms with Gasteiger partial charge in [-0.25, -0.2) is 4.79 Å². The van der Waals surface area contributed by atoms with E-state index in [2.05, 4.69) is 19.2 Å². The van der Waals surface area contributed by atoms with Crippen LogP contribution in [0.1, 0.15) is 42.3 Å². The molecular weight excluding hydrogens is 358 g/mol. The molecule has 1 atom stereocenters. The van der Waals surface area contributed by atoms with Crippen LogP contribution >= 0.6 is 0 Å². The van der Waals surface area contributed by atoms with Gasteiger partial charge in [0.15, 0.2) is 12.0 Å². The Labute approximate surface area is 162 Å². The lowest BCUT2D eigenvalue weighted by molar-refractivity contribution is -0.119. The van der Waals surface area contributed by atoms with Crippen LogP contribution in [0.5, 0.6) is 0 Å². The molecule has 0 saturated heterocycles. The normalized spacial score (nSPS) is 11.8. The largest absolute Gasteiger partial charge is 0.450 e. The van der Waals surface area contributed by atoms with Crippen molar-refractivity contribution in [1.82, 2.24) is 0 Å². The molecule has 6 heteroatoms. The van der Waals surface area contributed by atoms with Gasteiger partial charge in [0.05, 0.1) is 5.39 Å². The zero-order valence-electron chi connectivity index (χ0n) is 15.7. The molecule has 0 unspecified atom stereocenters. The van der Waals surface area contributed by atoms with E-state index in [1.165, 1.54) is 0 Å². The van der Waals surface area contributed by atoms with Gasteiger partial charge in [0, 0.05) is 11.8 Å². The molecule has 3 rings (SSSR count). The highest BCUT2D eigenvalue weighted by molar-refractivity contribution is 5.95. The van der Waals surface area contributed by atoms with Crippen LogP contribution in [0.3, 0.4) is 0 Å². The molecule has 0 radical (unpaired) electrons. The molecule has 0 fully saturated rings. The molecule has 3 aromatic rings. The molecule has 0 saturated carbocycles. The van der Waals surface area contributed by atoms with E-state index >= 15 is 0 Å². The first-order valence-corrected chi connectivity index (χ1v) is 9.08. The number of carbonyl (C=O) groups is 2. The summed E-state index contributed by atoms with van der Waals surface area (Å²) in [5.74, 6) is -1.29. The minimum absolute atomic E-state index is 0.239. The minimum atomic E-state index is -0.867. The average Bonchev–Trinajstić information content (AvgIpc) is 2.71. The lowest BCUT2D eigenvalue weighted by Crippen LogP contribution is -2.22. The maximum absolute atomic E-state index is 12.2. The van der Waals surface area contributed by atoms with Crippen molar-refractivity contribution in [2.45, 2.75) is 26.2 Å². The molecule has 2 aromatic carbocycles. The fraction of sp³-hybridized carbons (Fsp3) is 0.227. The van der Waals surface area contributed by atoms with Crippen LogP contribution in [-0.2, 0) is 9.53 Å². The fourth-order valence-corrected chi connectivity index (χ4v) is 2.85. The highest BCUT2D eigenvalue weighted by atomic mass is 16.5. The van der Waals surface area contributed by atoms with Crippen LogP contribution in [0, 0.1) is 0 Å². The molecule has 0 aliphatic heterocycles. The molecule has 1 amide bonds. The molecule has 6 nitrogen and oxygen atoms in total. The van der Waals surface area contributed by atoms with Crippen molar-refractivity contribution in [2.75, 3.05) is 11.9 Å². The number of hydrogen-bond donors (Lipinski definition) is 1. The van der Waals surface area contributed by atoms with Gasteiger partial charge < -0.3 is 14.5 Å². The topological polar surface area (TPSA) is 85.6 Å². The van der Waals surface area contributed by atoms with Crippen molar-refractivity contribution in [3.05, 3.63) is 76.1 Å². The van der Waals surface area contributed by atoms with Gasteiger partial charge in [0.2, 0.25) is 5.76 Å². The van der Waals surface area contributed by atoms with E-state index < -0.39 is 18.5 Å². The van der Waals surface area contributed by atoms with Crippen LogP contribution < -0.4 is 10.7 Å². The van der Waals surface area contributed by atoms with Crippen LogP contribution in [-0.4, -0.2) is 18.5 Å². The molecule has 0 spiro atoms. The third-order valence-corrected chi connectivity index (χ3v) is 4.55. The Hall–Kier alpha value is -3.41. The van der Waals surface area contributed by atoms with Crippen molar-refractivity contribution in [3.8, 4) is 0 Å². The Morgan fingerprint density at radius 1 is 1.11 bits per heavy atom. The van der Waals surface area contributed by atoms with E-state index in [4.69, 9.17) is 9.15 Å². The van der Waals surface area contributed by atoms with Gasteiger partial charge in [-0.05, 0) is 36.1 Å². The molecule has 1 heterocycles. The summed E-state index contributed by atoms with van der Waals surface area (Å²) < 4.78 is 10.4. The first kappa shape index (κ1) is 19.4. The second-order valence-corrected chi connectivity index (χ2v) is 6.49. The van der Waals surface area contributed by atoms with E-state index in [1.807, 2.05) is 24.3 Å². The summed E-state index contributed by atoms with van der Waals surface area (Å²) >= 11 is 0. The predicted octanol–water partition coefficient (Wildman–Crippen LogP) is 4.10. The molecule has 1 N–H and O–H groups in total. The number of anilines is 1. The van der Waals surface area contributed by atoms with Crippen molar-refractivity contribution >= 4 is 28.5 Å². The molecule has 0 bridgehead atoms. The zero-order valence-corrected chi connectivity index (χ0v) is 15.7. The monoisotopic (exact) mass is 379 g/mol. The van der Waals surface area contributed by atoms with Crippen LogP contribution in [0.25, 0.3) is 11.0 Å². The number of hydrogen-bond acceptors (Lipinski definition) is 5. The van der Waals surface area contributed by atoms with Gasteiger partial charge in [-0.15, -0.1) is 0 Å². The highest BCUT2D eigenvalue weighted by Gasteiger charge is 2.16. The van der Waals surface area contributed by atoms with Crippen molar-refractivity contribution in [2.24, 2.45) is 0 Å². The first-order chi connectivity index (χ1) is 13.5. The van der Waals surface area contributed by atoms with Crippen molar-refractivity contribution in [3.63, 3.8) is 0 Å². The number of fused-ring (bicyclic) bond motifs is 1. The Kier molecular flexibility index (Phi) is 5.89. The maximum Gasteiger partial charge on any atom is 0.374 e. The van der Waals surface area contributed by atoms with E-state index in [-0.39, 0.29) is 22.7 Å². The minimum Gasteiger partial charge on any atom is -0.450 e. The molecule has 144 valence electrons. The summed E-state index contributed by atoms with van der Waals surface area (Å²) in [6.07, 6.45) is 0.933. The van der Waals surface area contributed by atoms with Crippen LogP contribution in [0.15, 0.2) is 63.8 Å². The predicted molar refractivity (Wildman–Crippen MR) is 107 cm³/mol. The summed E-state index contributed by atoms with van der Waals surface area (Å²) in [6, 6.07) is 15.2. The molecule has 1 aromatic heterocycles. The summed E-state index contributed by atoms with van der Waals surface area (Å²) in [6.45, 7) is 3.67. The summed E-state index contributed by atoms with van der Waals surface area (Å²) in [7, 11) is 0. The fourth-order valence-electron chi connectivity index (χ4n) is 2.85. The standard InChI is InChI=1S/C22H21NO5/c1-3-14(2)15-8-4-6-10-17(15)23-21(25)13-27-22(26)20-12-18(24)16-9-5-7-11-19(16)28-20/h4-12,14H,3,13H2,1-2H3,(H,23,25)/t14-/m1/s1. The third kappa shape index (κ3) is 4.28. The van der Waals surface area contributed by atoms with Crippen LogP contribution in [0.2, 0.25) is 0 Å². The van der Waals surface area contributed by atoms with Gasteiger partial charge in [-0.1, -0.05) is 44.2 Å². The van der Waals surface area contributed by atoms with Gasteiger partial charge in [-0.2, -0.15) is 0 Å². The van der Waals surface area contributed by atoms with Gasteiger partial charge in [0.25, 0.3) is 5.91 Å². The average molecular weight is 379 g/mol. The van der Waals surface area contributed by atoms with Crippen molar-refractivity contribution in [1.29, 1.82) is 0 Å². The first-order valence-electron chi connectivity index (χ1n) is 9.08. The van der Waals surface area contributed by atoms with E-state index in [0.717, 1.165) is 18.1 Å². The number of benzene rings is 2. The quantitative estimate of drug-likeness (QED) is 0.652. The Morgan fingerprint density at radius 3 is 2.61 bits per heavy atom.